The molecule has 8 heteroatoms. The highest BCUT2D eigenvalue weighted by atomic mass is 35.5. The summed E-state index contributed by atoms with van der Waals surface area (Å²) < 4.78 is 5.45. The summed E-state index contributed by atoms with van der Waals surface area (Å²) >= 11 is 0. The number of nitrogens with one attached hydrogen (secondary N) is 3. The van der Waals surface area contributed by atoms with Crippen LogP contribution < -0.4 is 21.7 Å². The predicted octanol–water partition coefficient (Wildman–Crippen LogP) is 2.47. The van der Waals surface area contributed by atoms with E-state index >= 15 is 0 Å². The third-order valence-electron chi connectivity index (χ3n) is 3.86. The van der Waals surface area contributed by atoms with Gasteiger partial charge in [0.2, 0.25) is 5.91 Å². The van der Waals surface area contributed by atoms with Gasteiger partial charge in [0.25, 0.3) is 0 Å². The predicted molar refractivity (Wildman–Crippen MR) is 101 cm³/mol. The molecule has 0 radical (unpaired) electrons. The number of nitrogens with two attached hydrogens (primary N) is 1. The van der Waals surface area contributed by atoms with Crippen LogP contribution in [0.2, 0.25) is 0 Å². The lowest BCUT2D eigenvalue weighted by Gasteiger charge is -2.13. The van der Waals surface area contributed by atoms with Gasteiger partial charge in [0, 0.05) is 24.5 Å². The summed E-state index contributed by atoms with van der Waals surface area (Å²) in [6.07, 6.45) is 3.65. The van der Waals surface area contributed by atoms with Crippen molar-refractivity contribution in [3.63, 3.8) is 0 Å². The molecule has 0 aromatic heterocycles. The van der Waals surface area contributed by atoms with Gasteiger partial charge in [-0.2, -0.15) is 0 Å². The Bertz CT molecular complexity index is 547. The monoisotopic (exact) mass is 370 g/mol. The summed E-state index contributed by atoms with van der Waals surface area (Å²) in [6, 6.07) is 6.14. The average Bonchev–Trinajstić information content (AvgIpc) is 3.08. The van der Waals surface area contributed by atoms with Gasteiger partial charge in [-0.15, -0.1) is 12.4 Å². The van der Waals surface area contributed by atoms with Crippen molar-refractivity contribution in [1.82, 2.24) is 5.32 Å². The topological polar surface area (TPSA) is 105 Å². The first kappa shape index (κ1) is 21.2. The molecule has 3 amide bonds. The number of hydrogen-bond donors (Lipinski definition) is 4. The summed E-state index contributed by atoms with van der Waals surface area (Å²) in [5, 5.41) is 8.29. The van der Waals surface area contributed by atoms with Crippen molar-refractivity contribution in [1.29, 1.82) is 0 Å². The van der Waals surface area contributed by atoms with Gasteiger partial charge in [-0.25, -0.2) is 4.79 Å². The zero-order valence-corrected chi connectivity index (χ0v) is 15.2. The molecule has 1 aliphatic rings. The van der Waals surface area contributed by atoms with Crippen molar-refractivity contribution in [2.75, 3.05) is 23.8 Å². The van der Waals surface area contributed by atoms with E-state index in [1.54, 1.807) is 24.3 Å². The first-order valence-electron chi connectivity index (χ1n) is 8.41. The van der Waals surface area contributed by atoms with E-state index in [0.29, 0.717) is 24.3 Å². The third kappa shape index (κ3) is 7.29. The zero-order chi connectivity index (χ0) is 17.4. The van der Waals surface area contributed by atoms with E-state index in [1.807, 2.05) is 6.92 Å². The number of urea groups is 1. The first-order valence-corrected chi connectivity index (χ1v) is 8.41. The lowest BCUT2D eigenvalue weighted by atomic mass is 10.1. The fourth-order valence-corrected chi connectivity index (χ4v) is 2.50. The molecule has 1 aliphatic heterocycles. The standard InChI is InChI=1S/C17H26N4O3.ClH/c1-2-4-15(18)16(22)20-12-6-8-13(9-7-12)21-17(23)19-11-14-5-3-10-24-14;/h6-9,14-15H,2-5,10-11,18H2,1H3,(H,20,22)(H2,19,21,23);1H. The molecule has 0 aliphatic carbocycles. The van der Waals surface area contributed by atoms with Crippen molar-refractivity contribution in [2.45, 2.75) is 44.8 Å². The summed E-state index contributed by atoms with van der Waals surface area (Å²) in [7, 11) is 0. The van der Waals surface area contributed by atoms with Crippen molar-refractivity contribution in [2.24, 2.45) is 5.73 Å². The molecule has 1 fully saturated rings. The van der Waals surface area contributed by atoms with Gasteiger partial charge in [-0.3, -0.25) is 4.79 Å². The number of carbonyl (C=O) groups is 2. The molecule has 1 aromatic carbocycles. The lowest BCUT2D eigenvalue weighted by Crippen LogP contribution is -2.35. The Hall–Kier alpha value is -1.83. The number of rotatable bonds is 7. The molecular weight excluding hydrogens is 344 g/mol. The molecule has 7 nitrogen and oxygen atoms in total. The summed E-state index contributed by atoms with van der Waals surface area (Å²) in [4.78, 5) is 23.7. The number of benzene rings is 1. The van der Waals surface area contributed by atoms with Gasteiger partial charge in [0.15, 0.2) is 0 Å². The van der Waals surface area contributed by atoms with Gasteiger partial charge in [-0.1, -0.05) is 13.3 Å². The Kier molecular flexibility index (Phi) is 9.26. The molecule has 140 valence electrons. The number of carbonyl (C=O) groups excluding carboxylic acids is 2. The van der Waals surface area contributed by atoms with E-state index in [1.165, 1.54) is 0 Å². The molecule has 1 heterocycles. The third-order valence-corrected chi connectivity index (χ3v) is 3.86. The summed E-state index contributed by atoms with van der Waals surface area (Å²) in [6.45, 7) is 3.26. The molecule has 0 saturated carbocycles. The highest BCUT2D eigenvalue weighted by Gasteiger charge is 2.16. The van der Waals surface area contributed by atoms with Gasteiger partial charge < -0.3 is 26.4 Å². The molecule has 5 N–H and O–H groups in total. The lowest BCUT2D eigenvalue weighted by molar-refractivity contribution is -0.117. The second-order valence-electron chi connectivity index (χ2n) is 5.93. The largest absolute Gasteiger partial charge is 0.376 e. The number of hydrogen-bond acceptors (Lipinski definition) is 4. The maximum atomic E-state index is 11.8. The summed E-state index contributed by atoms with van der Waals surface area (Å²) in [5.74, 6) is -0.202. The average molecular weight is 371 g/mol. The minimum atomic E-state index is -0.503. The van der Waals surface area contributed by atoms with Crippen LogP contribution in [0.15, 0.2) is 24.3 Å². The Morgan fingerprint density at radius 2 is 1.88 bits per heavy atom. The van der Waals surface area contributed by atoms with E-state index in [2.05, 4.69) is 16.0 Å². The van der Waals surface area contributed by atoms with Crippen molar-refractivity contribution < 1.29 is 14.3 Å². The first-order chi connectivity index (χ1) is 11.6. The highest BCUT2D eigenvalue weighted by molar-refractivity contribution is 5.95. The Balaban J connectivity index is 0.00000312. The van der Waals surface area contributed by atoms with E-state index in [9.17, 15) is 9.59 Å². The highest BCUT2D eigenvalue weighted by Crippen LogP contribution is 2.14. The van der Waals surface area contributed by atoms with Gasteiger partial charge in [0.1, 0.15) is 0 Å². The zero-order valence-electron chi connectivity index (χ0n) is 14.4. The van der Waals surface area contributed by atoms with Gasteiger partial charge >= 0.3 is 6.03 Å². The quantitative estimate of drug-likeness (QED) is 0.591. The van der Waals surface area contributed by atoms with Crippen LogP contribution in [0.25, 0.3) is 0 Å². The van der Waals surface area contributed by atoms with Gasteiger partial charge in [0.05, 0.1) is 12.1 Å². The molecule has 0 spiro atoms. The second-order valence-corrected chi connectivity index (χ2v) is 5.93. The molecule has 0 bridgehead atoms. The normalized spacial score (nSPS) is 17.3. The van der Waals surface area contributed by atoms with Crippen LogP contribution in [0.4, 0.5) is 16.2 Å². The molecular formula is C17H27ClN4O3. The Labute approximate surface area is 154 Å². The van der Waals surface area contributed by atoms with Crippen LogP contribution in [-0.4, -0.2) is 37.2 Å². The molecule has 1 aromatic rings. The minimum absolute atomic E-state index is 0. The number of halogens is 1. The van der Waals surface area contributed by atoms with E-state index < -0.39 is 6.04 Å². The van der Waals surface area contributed by atoms with Crippen LogP contribution >= 0.6 is 12.4 Å². The van der Waals surface area contributed by atoms with Crippen LogP contribution in [-0.2, 0) is 9.53 Å². The summed E-state index contributed by atoms with van der Waals surface area (Å²) in [5.41, 5.74) is 7.07. The number of ether oxygens (including phenoxy) is 1. The second kappa shape index (κ2) is 10.9. The number of amides is 3. The molecule has 2 rings (SSSR count). The van der Waals surface area contributed by atoms with Crippen LogP contribution in [0, 0.1) is 0 Å². The van der Waals surface area contributed by atoms with Crippen molar-refractivity contribution >= 4 is 35.7 Å². The SMILES string of the molecule is CCCC(N)C(=O)Nc1ccc(NC(=O)NCC2CCCO2)cc1.Cl. The van der Waals surface area contributed by atoms with Gasteiger partial charge in [-0.05, 0) is 43.5 Å². The maximum Gasteiger partial charge on any atom is 0.319 e. The smallest absolute Gasteiger partial charge is 0.319 e. The molecule has 25 heavy (non-hydrogen) atoms. The fourth-order valence-electron chi connectivity index (χ4n) is 2.50. The fraction of sp³-hybridized carbons (Fsp3) is 0.529. The van der Waals surface area contributed by atoms with E-state index in [4.69, 9.17) is 10.5 Å². The Morgan fingerprint density at radius 3 is 2.44 bits per heavy atom. The van der Waals surface area contributed by atoms with Crippen molar-refractivity contribution in [3.05, 3.63) is 24.3 Å². The molecule has 2 unspecified atom stereocenters. The van der Waals surface area contributed by atoms with Crippen molar-refractivity contribution in [3.8, 4) is 0 Å². The van der Waals surface area contributed by atoms with E-state index in [-0.39, 0.29) is 30.4 Å². The molecule has 1 saturated heterocycles. The Morgan fingerprint density at radius 1 is 1.24 bits per heavy atom. The van der Waals surface area contributed by atoms with Crippen LogP contribution in [0.3, 0.4) is 0 Å². The van der Waals surface area contributed by atoms with Crippen LogP contribution in [0.5, 0.6) is 0 Å². The number of anilines is 2. The van der Waals surface area contributed by atoms with Crippen LogP contribution in [0.1, 0.15) is 32.6 Å². The van der Waals surface area contributed by atoms with E-state index in [0.717, 1.165) is 25.9 Å². The minimum Gasteiger partial charge on any atom is -0.376 e. The maximum absolute atomic E-state index is 11.8. The molecule has 2 atom stereocenters.